The van der Waals surface area contributed by atoms with Crippen molar-refractivity contribution in [1.82, 2.24) is 0 Å². The second-order valence-electron chi connectivity index (χ2n) is 2.56. The van der Waals surface area contributed by atoms with E-state index < -0.39 is 12.1 Å². The first kappa shape index (κ1) is 10.3. The summed E-state index contributed by atoms with van der Waals surface area (Å²) in [7, 11) is 0. The molecule has 0 amide bonds. The van der Waals surface area contributed by atoms with Crippen LogP contribution in [-0.4, -0.2) is 16.2 Å². The molecule has 0 bridgehead atoms. The van der Waals surface area contributed by atoms with Crippen molar-refractivity contribution in [2.75, 3.05) is 5.73 Å². The zero-order chi connectivity index (χ0) is 10.0. The topological polar surface area (TPSA) is 83.5 Å². The molecule has 1 aromatic rings. The summed E-state index contributed by atoms with van der Waals surface area (Å²) < 4.78 is 0.799. The molecule has 0 saturated carbocycles. The van der Waals surface area contributed by atoms with Crippen LogP contribution < -0.4 is 5.73 Å². The van der Waals surface area contributed by atoms with E-state index in [1.54, 1.807) is 12.1 Å². The van der Waals surface area contributed by atoms with E-state index >= 15 is 0 Å². The maximum atomic E-state index is 10.4. The molecule has 0 aliphatic carbocycles. The van der Waals surface area contributed by atoms with Crippen LogP contribution in [0.25, 0.3) is 0 Å². The fourth-order valence-corrected chi connectivity index (χ4v) is 1.66. The number of hydrogen-bond acceptors (Lipinski definition) is 3. The molecule has 0 fully saturated rings. The molecular formula is C8H8INO3. The van der Waals surface area contributed by atoms with Crippen molar-refractivity contribution in [2.24, 2.45) is 0 Å². The van der Waals surface area contributed by atoms with Crippen LogP contribution in [0.2, 0.25) is 0 Å². The first-order valence-electron chi connectivity index (χ1n) is 3.47. The van der Waals surface area contributed by atoms with Gasteiger partial charge in [-0.2, -0.15) is 0 Å². The van der Waals surface area contributed by atoms with Gasteiger partial charge in [0.25, 0.3) is 0 Å². The number of anilines is 1. The van der Waals surface area contributed by atoms with Gasteiger partial charge < -0.3 is 15.9 Å². The smallest absolute Gasteiger partial charge is 0.337 e. The average molecular weight is 293 g/mol. The lowest BCUT2D eigenvalue weighted by atomic mass is 10.1. The van der Waals surface area contributed by atoms with Crippen LogP contribution in [0, 0.1) is 3.57 Å². The molecule has 0 radical (unpaired) electrons. The van der Waals surface area contributed by atoms with Crippen LogP contribution in [0.15, 0.2) is 18.2 Å². The minimum atomic E-state index is -1.50. The molecule has 1 atom stereocenters. The summed E-state index contributed by atoms with van der Waals surface area (Å²) in [5.74, 6) is -1.28. The van der Waals surface area contributed by atoms with E-state index in [0.29, 0.717) is 11.3 Å². The van der Waals surface area contributed by atoms with E-state index in [1.807, 2.05) is 22.6 Å². The average Bonchev–Trinajstić information content (AvgIpc) is 2.01. The Balaban J connectivity index is 3.07. The van der Waals surface area contributed by atoms with Gasteiger partial charge in [-0.05, 0) is 46.4 Å². The van der Waals surface area contributed by atoms with Crippen molar-refractivity contribution >= 4 is 34.2 Å². The van der Waals surface area contributed by atoms with E-state index in [1.165, 1.54) is 6.07 Å². The first-order chi connectivity index (χ1) is 6.00. The summed E-state index contributed by atoms with van der Waals surface area (Å²) in [6.07, 6.45) is -1.50. The van der Waals surface area contributed by atoms with Crippen molar-refractivity contribution in [2.45, 2.75) is 6.10 Å². The molecule has 4 nitrogen and oxygen atoms in total. The highest BCUT2D eigenvalue weighted by Gasteiger charge is 2.16. The van der Waals surface area contributed by atoms with Gasteiger partial charge in [0, 0.05) is 9.26 Å². The summed E-state index contributed by atoms with van der Waals surface area (Å²) in [5.41, 5.74) is 6.24. The molecule has 5 heteroatoms. The van der Waals surface area contributed by atoms with Crippen LogP contribution in [0.1, 0.15) is 11.7 Å². The third-order valence-electron chi connectivity index (χ3n) is 1.49. The standard InChI is InChI=1S/C8H8INO3/c9-5-1-4(2-6(10)3-5)7(11)8(12)13/h1-3,7,11H,10H2,(H,12,13). The third kappa shape index (κ3) is 2.56. The van der Waals surface area contributed by atoms with Crippen LogP contribution in [0.5, 0.6) is 0 Å². The first-order valence-corrected chi connectivity index (χ1v) is 4.55. The van der Waals surface area contributed by atoms with Gasteiger partial charge in [0.2, 0.25) is 0 Å². The maximum absolute atomic E-state index is 10.4. The summed E-state index contributed by atoms with van der Waals surface area (Å²) in [6.45, 7) is 0. The van der Waals surface area contributed by atoms with E-state index in [4.69, 9.17) is 10.8 Å². The lowest BCUT2D eigenvalue weighted by molar-refractivity contribution is -0.146. The Morgan fingerprint density at radius 3 is 2.54 bits per heavy atom. The zero-order valence-electron chi connectivity index (χ0n) is 6.57. The number of rotatable bonds is 2. The molecule has 4 N–H and O–H groups in total. The quantitative estimate of drug-likeness (QED) is 0.561. The fraction of sp³-hybridized carbons (Fsp3) is 0.125. The Labute approximate surface area is 88.5 Å². The SMILES string of the molecule is Nc1cc(I)cc(C(O)C(=O)O)c1. The summed E-state index contributed by atoms with van der Waals surface area (Å²) in [6, 6.07) is 4.72. The van der Waals surface area contributed by atoms with Gasteiger partial charge in [-0.15, -0.1) is 0 Å². The predicted octanol–water partition coefficient (Wildman–Crippen LogP) is 0.991. The Hall–Kier alpha value is -0.820. The molecule has 13 heavy (non-hydrogen) atoms. The number of aliphatic carboxylic acids is 1. The number of carbonyl (C=O) groups is 1. The second-order valence-corrected chi connectivity index (χ2v) is 3.80. The number of halogens is 1. The molecule has 70 valence electrons. The van der Waals surface area contributed by atoms with Crippen LogP contribution >= 0.6 is 22.6 Å². The maximum Gasteiger partial charge on any atom is 0.337 e. The number of aliphatic hydroxyl groups is 1. The Bertz CT molecular complexity index is 320. The Morgan fingerprint density at radius 1 is 1.46 bits per heavy atom. The highest BCUT2D eigenvalue weighted by atomic mass is 127. The van der Waals surface area contributed by atoms with Gasteiger partial charge in [-0.1, -0.05) is 0 Å². The highest BCUT2D eigenvalue weighted by molar-refractivity contribution is 14.1. The molecule has 0 spiro atoms. The van der Waals surface area contributed by atoms with E-state index in [0.717, 1.165) is 3.57 Å². The molecule has 0 heterocycles. The molecule has 0 saturated heterocycles. The molecule has 0 aliphatic heterocycles. The van der Waals surface area contributed by atoms with Gasteiger partial charge in [0.15, 0.2) is 6.10 Å². The van der Waals surface area contributed by atoms with Gasteiger partial charge in [0.05, 0.1) is 0 Å². The number of aliphatic hydroxyl groups excluding tert-OH is 1. The second kappa shape index (κ2) is 3.93. The number of carboxylic acids is 1. The summed E-state index contributed by atoms with van der Waals surface area (Å²) in [4.78, 5) is 10.4. The highest BCUT2D eigenvalue weighted by Crippen LogP contribution is 2.19. The van der Waals surface area contributed by atoms with Gasteiger partial charge >= 0.3 is 5.97 Å². The lowest BCUT2D eigenvalue weighted by Gasteiger charge is -2.06. The van der Waals surface area contributed by atoms with E-state index in [9.17, 15) is 9.90 Å². The predicted molar refractivity (Wildman–Crippen MR) is 56.2 cm³/mol. The Morgan fingerprint density at radius 2 is 2.08 bits per heavy atom. The third-order valence-corrected chi connectivity index (χ3v) is 2.11. The minimum Gasteiger partial charge on any atom is -0.479 e. The van der Waals surface area contributed by atoms with Crippen molar-refractivity contribution in [1.29, 1.82) is 0 Å². The lowest BCUT2D eigenvalue weighted by Crippen LogP contribution is -2.10. The molecule has 1 aromatic carbocycles. The molecule has 1 unspecified atom stereocenters. The fourth-order valence-electron chi connectivity index (χ4n) is 0.936. The van der Waals surface area contributed by atoms with E-state index in [-0.39, 0.29) is 0 Å². The summed E-state index contributed by atoms with van der Waals surface area (Å²) in [5, 5.41) is 17.7. The van der Waals surface area contributed by atoms with Crippen molar-refractivity contribution < 1.29 is 15.0 Å². The largest absolute Gasteiger partial charge is 0.479 e. The zero-order valence-corrected chi connectivity index (χ0v) is 8.72. The van der Waals surface area contributed by atoms with Crippen molar-refractivity contribution in [3.63, 3.8) is 0 Å². The number of nitrogens with two attached hydrogens (primary N) is 1. The number of nitrogen functional groups attached to an aromatic ring is 1. The number of hydrogen-bond donors (Lipinski definition) is 3. The number of benzene rings is 1. The molecular weight excluding hydrogens is 285 g/mol. The number of carboxylic acid groups (broad SMARTS) is 1. The van der Waals surface area contributed by atoms with Gasteiger partial charge in [-0.25, -0.2) is 4.79 Å². The van der Waals surface area contributed by atoms with Crippen LogP contribution in [0.3, 0.4) is 0 Å². The van der Waals surface area contributed by atoms with Gasteiger partial charge in [-0.3, -0.25) is 0 Å². The van der Waals surface area contributed by atoms with Crippen LogP contribution in [0.4, 0.5) is 5.69 Å². The minimum absolute atomic E-state index is 0.303. The van der Waals surface area contributed by atoms with Crippen molar-refractivity contribution in [3.05, 3.63) is 27.3 Å². The molecule has 0 aliphatic rings. The molecule has 0 aromatic heterocycles. The molecule has 1 rings (SSSR count). The normalized spacial score (nSPS) is 12.5. The summed E-state index contributed by atoms with van der Waals surface area (Å²) >= 11 is 2.00. The van der Waals surface area contributed by atoms with Crippen LogP contribution in [-0.2, 0) is 4.79 Å². The van der Waals surface area contributed by atoms with Crippen molar-refractivity contribution in [3.8, 4) is 0 Å². The van der Waals surface area contributed by atoms with Gasteiger partial charge in [0.1, 0.15) is 0 Å². The Kier molecular flexibility index (Phi) is 3.10. The monoisotopic (exact) mass is 293 g/mol. The van der Waals surface area contributed by atoms with E-state index in [2.05, 4.69) is 0 Å².